The van der Waals surface area contributed by atoms with Gasteiger partial charge in [-0.15, -0.1) is 0 Å². The Morgan fingerprint density at radius 2 is 1.95 bits per heavy atom. The van der Waals surface area contributed by atoms with E-state index >= 15 is 0 Å². The van der Waals surface area contributed by atoms with Crippen LogP contribution in [0.15, 0.2) is 24.3 Å². The molecule has 3 N–H and O–H groups in total. The van der Waals surface area contributed by atoms with E-state index < -0.39 is 18.2 Å². The van der Waals surface area contributed by atoms with Crippen LogP contribution in [0.4, 0.5) is 5.69 Å². The molecule has 2 atom stereocenters. The zero-order valence-corrected chi connectivity index (χ0v) is 10.5. The fraction of sp³-hybridized carbons (Fsp3) is 0.385. The Hall–Kier alpha value is -2.10. The first kappa shape index (κ1) is 15.0. The number of hydrogen-bond acceptors (Lipinski definition) is 5. The molecule has 0 bridgehead atoms. The summed E-state index contributed by atoms with van der Waals surface area (Å²) in [5.41, 5.74) is 1.17. The Morgan fingerprint density at radius 1 is 1.37 bits per heavy atom. The van der Waals surface area contributed by atoms with Crippen molar-refractivity contribution in [3.05, 3.63) is 29.8 Å². The van der Waals surface area contributed by atoms with Gasteiger partial charge in [0.1, 0.15) is 6.10 Å². The number of carboxylic acid groups (broad SMARTS) is 1. The largest absolute Gasteiger partial charge is 0.479 e. The SMILES string of the molecule is CN(CCC#N)c1ccc(C(O)C(O)C(=O)O)cc1. The maximum atomic E-state index is 10.6. The Kier molecular flexibility index (Phi) is 5.30. The summed E-state index contributed by atoms with van der Waals surface area (Å²) in [7, 11) is 1.83. The molecule has 0 amide bonds. The summed E-state index contributed by atoms with van der Waals surface area (Å²) in [5, 5.41) is 36.0. The standard InChI is InChI=1S/C13H16N2O4/c1-15(8-2-7-14)10-5-3-9(4-6-10)11(16)12(17)13(18)19/h3-6,11-12,16-17H,2,8H2,1H3,(H,18,19). The van der Waals surface area contributed by atoms with E-state index in [4.69, 9.17) is 10.4 Å². The lowest BCUT2D eigenvalue weighted by atomic mass is 10.0. The van der Waals surface area contributed by atoms with Gasteiger partial charge in [-0.25, -0.2) is 4.79 Å². The first-order valence-electron chi connectivity index (χ1n) is 5.74. The fourth-order valence-electron chi connectivity index (χ4n) is 1.59. The van der Waals surface area contributed by atoms with Crippen LogP contribution in [0.25, 0.3) is 0 Å². The van der Waals surface area contributed by atoms with Gasteiger partial charge in [-0.05, 0) is 17.7 Å². The van der Waals surface area contributed by atoms with Gasteiger partial charge < -0.3 is 20.2 Å². The molecule has 6 nitrogen and oxygen atoms in total. The van der Waals surface area contributed by atoms with E-state index in [1.165, 1.54) is 0 Å². The minimum absolute atomic E-state index is 0.326. The average Bonchev–Trinajstić information content (AvgIpc) is 2.43. The third-order valence-corrected chi connectivity index (χ3v) is 2.79. The highest BCUT2D eigenvalue weighted by molar-refractivity contribution is 5.73. The van der Waals surface area contributed by atoms with Crippen LogP contribution >= 0.6 is 0 Å². The molecule has 19 heavy (non-hydrogen) atoms. The predicted octanol–water partition coefficient (Wildman–Crippen LogP) is 0.515. The number of hydrogen-bond donors (Lipinski definition) is 3. The molecule has 0 aromatic heterocycles. The summed E-state index contributed by atoms with van der Waals surface area (Å²) in [6, 6.07) is 8.54. The van der Waals surface area contributed by atoms with Gasteiger partial charge in [0.25, 0.3) is 0 Å². The van der Waals surface area contributed by atoms with Gasteiger partial charge in [0.15, 0.2) is 6.10 Å². The highest BCUT2D eigenvalue weighted by Gasteiger charge is 2.24. The van der Waals surface area contributed by atoms with Crippen LogP contribution < -0.4 is 4.90 Å². The molecule has 6 heteroatoms. The van der Waals surface area contributed by atoms with Crippen LogP contribution in [-0.4, -0.2) is 41.0 Å². The van der Waals surface area contributed by atoms with Crippen molar-refractivity contribution >= 4 is 11.7 Å². The minimum Gasteiger partial charge on any atom is -0.479 e. The Morgan fingerprint density at radius 3 is 2.42 bits per heavy atom. The normalized spacial score (nSPS) is 13.4. The average molecular weight is 264 g/mol. The van der Waals surface area contributed by atoms with Gasteiger partial charge in [-0.1, -0.05) is 12.1 Å². The second kappa shape index (κ2) is 6.73. The fourth-order valence-corrected chi connectivity index (χ4v) is 1.59. The van der Waals surface area contributed by atoms with E-state index in [0.717, 1.165) is 5.69 Å². The number of anilines is 1. The van der Waals surface area contributed by atoms with Crippen LogP contribution in [0, 0.1) is 11.3 Å². The van der Waals surface area contributed by atoms with E-state index in [-0.39, 0.29) is 0 Å². The molecular formula is C13H16N2O4. The molecule has 1 aromatic carbocycles. The molecule has 0 aliphatic heterocycles. The van der Waals surface area contributed by atoms with E-state index in [0.29, 0.717) is 18.5 Å². The summed E-state index contributed by atoms with van der Waals surface area (Å²) in [4.78, 5) is 12.4. The summed E-state index contributed by atoms with van der Waals surface area (Å²) >= 11 is 0. The summed E-state index contributed by atoms with van der Waals surface area (Å²) in [6.07, 6.45) is -2.91. The van der Waals surface area contributed by atoms with Crippen molar-refractivity contribution < 1.29 is 20.1 Å². The van der Waals surface area contributed by atoms with E-state index in [1.807, 2.05) is 18.0 Å². The lowest BCUT2D eigenvalue weighted by molar-refractivity contribution is -0.153. The lowest BCUT2D eigenvalue weighted by Crippen LogP contribution is -2.27. The molecule has 0 radical (unpaired) electrons. The number of carboxylic acids is 1. The van der Waals surface area contributed by atoms with Crippen LogP contribution in [0.3, 0.4) is 0 Å². The Bertz CT molecular complexity index is 467. The number of rotatable bonds is 6. The molecule has 2 unspecified atom stereocenters. The molecular weight excluding hydrogens is 248 g/mol. The van der Waals surface area contributed by atoms with Crippen LogP contribution in [0.1, 0.15) is 18.1 Å². The highest BCUT2D eigenvalue weighted by atomic mass is 16.4. The number of aliphatic hydroxyl groups excluding tert-OH is 2. The Balaban J connectivity index is 2.76. The Labute approximate surface area is 111 Å². The number of aliphatic hydroxyl groups is 2. The number of carbonyl (C=O) groups is 1. The van der Waals surface area contributed by atoms with Crippen LogP contribution in [0.5, 0.6) is 0 Å². The molecule has 0 heterocycles. The molecule has 0 saturated carbocycles. The van der Waals surface area contributed by atoms with Gasteiger partial charge in [-0.2, -0.15) is 5.26 Å². The van der Waals surface area contributed by atoms with Crippen molar-refractivity contribution in [2.45, 2.75) is 18.6 Å². The molecule has 1 aromatic rings. The molecule has 0 aliphatic rings. The molecule has 0 aliphatic carbocycles. The first-order valence-corrected chi connectivity index (χ1v) is 5.74. The minimum atomic E-state index is -1.85. The second-order valence-corrected chi connectivity index (χ2v) is 4.15. The van der Waals surface area contributed by atoms with Crippen molar-refractivity contribution in [2.24, 2.45) is 0 Å². The van der Waals surface area contributed by atoms with Crippen molar-refractivity contribution in [3.8, 4) is 6.07 Å². The lowest BCUT2D eigenvalue weighted by Gasteiger charge is -2.19. The molecule has 102 valence electrons. The van der Waals surface area contributed by atoms with Gasteiger partial charge in [-0.3, -0.25) is 0 Å². The second-order valence-electron chi connectivity index (χ2n) is 4.15. The van der Waals surface area contributed by atoms with Crippen LogP contribution in [-0.2, 0) is 4.79 Å². The quantitative estimate of drug-likeness (QED) is 0.691. The predicted molar refractivity (Wildman–Crippen MR) is 68.5 cm³/mol. The van der Waals surface area contributed by atoms with Crippen molar-refractivity contribution in [1.82, 2.24) is 0 Å². The van der Waals surface area contributed by atoms with E-state index in [9.17, 15) is 15.0 Å². The molecule has 0 saturated heterocycles. The van der Waals surface area contributed by atoms with Gasteiger partial charge in [0.2, 0.25) is 0 Å². The van der Waals surface area contributed by atoms with Crippen molar-refractivity contribution in [2.75, 3.05) is 18.5 Å². The molecule has 0 fully saturated rings. The first-order chi connectivity index (χ1) is 8.97. The zero-order chi connectivity index (χ0) is 14.4. The van der Waals surface area contributed by atoms with Crippen LogP contribution in [0.2, 0.25) is 0 Å². The summed E-state index contributed by atoms with van der Waals surface area (Å²) in [6.45, 7) is 0.580. The molecule has 1 rings (SSSR count). The van der Waals surface area contributed by atoms with Crippen molar-refractivity contribution in [1.29, 1.82) is 5.26 Å². The summed E-state index contributed by atoms with van der Waals surface area (Å²) < 4.78 is 0. The van der Waals surface area contributed by atoms with Gasteiger partial charge in [0, 0.05) is 19.3 Å². The topological polar surface area (TPSA) is 105 Å². The number of aliphatic carboxylic acids is 1. The third-order valence-electron chi connectivity index (χ3n) is 2.79. The van der Waals surface area contributed by atoms with E-state index in [2.05, 4.69) is 0 Å². The van der Waals surface area contributed by atoms with Gasteiger partial charge >= 0.3 is 5.97 Å². The number of nitrogens with zero attached hydrogens (tertiary/aromatic N) is 2. The third kappa shape index (κ3) is 3.95. The zero-order valence-electron chi connectivity index (χ0n) is 10.5. The maximum Gasteiger partial charge on any atom is 0.335 e. The summed E-state index contributed by atoms with van der Waals surface area (Å²) in [5.74, 6) is -1.47. The van der Waals surface area contributed by atoms with Crippen molar-refractivity contribution in [3.63, 3.8) is 0 Å². The maximum absolute atomic E-state index is 10.6. The number of nitriles is 1. The monoisotopic (exact) mass is 264 g/mol. The number of benzene rings is 1. The van der Waals surface area contributed by atoms with E-state index in [1.54, 1.807) is 24.3 Å². The smallest absolute Gasteiger partial charge is 0.335 e. The van der Waals surface area contributed by atoms with Gasteiger partial charge in [0.05, 0.1) is 12.5 Å². The molecule has 0 spiro atoms. The highest BCUT2D eigenvalue weighted by Crippen LogP contribution is 2.21.